The van der Waals surface area contributed by atoms with Gasteiger partial charge in [-0.2, -0.15) is 5.26 Å². The molecule has 1 aliphatic rings. The number of carbonyl (C=O) groups excluding carboxylic acids is 1. The van der Waals surface area contributed by atoms with Crippen LogP contribution in [0.25, 0.3) is 0 Å². The van der Waals surface area contributed by atoms with Crippen LogP contribution in [0.3, 0.4) is 0 Å². The second kappa shape index (κ2) is 9.31. The largest absolute Gasteiger partial charge is 0.491 e. The van der Waals surface area contributed by atoms with E-state index in [-0.39, 0.29) is 18.3 Å². The lowest BCUT2D eigenvalue weighted by Gasteiger charge is -2.32. The van der Waals surface area contributed by atoms with Crippen LogP contribution in [-0.4, -0.2) is 48.1 Å². The number of benzene rings is 2. The van der Waals surface area contributed by atoms with Crippen LogP contribution in [0, 0.1) is 17.2 Å². The highest BCUT2D eigenvalue weighted by Crippen LogP contribution is 2.22. The van der Waals surface area contributed by atoms with Crippen LogP contribution in [0.2, 0.25) is 0 Å². The first kappa shape index (κ1) is 19.1. The number of piperidine rings is 1. The molecule has 0 spiro atoms. The second-order valence-electron chi connectivity index (χ2n) is 6.91. The monoisotopic (exact) mass is 364 g/mol. The zero-order valence-electron chi connectivity index (χ0n) is 15.3. The Kier molecular flexibility index (Phi) is 6.59. The highest BCUT2D eigenvalue weighted by Gasteiger charge is 2.26. The first-order chi connectivity index (χ1) is 13.2. The van der Waals surface area contributed by atoms with Crippen LogP contribution in [-0.2, 0) is 0 Å². The van der Waals surface area contributed by atoms with E-state index < -0.39 is 6.10 Å². The van der Waals surface area contributed by atoms with Crippen molar-refractivity contribution in [2.24, 2.45) is 5.92 Å². The predicted octanol–water partition coefficient (Wildman–Crippen LogP) is 2.89. The lowest BCUT2D eigenvalue weighted by Crippen LogP contribution is -2.42. The van der Waals surface area contributed by atoms with Gasteiger partial charge in [0, 0.05) is 18.0 Å². The van der Waals surface area contributed by atoms with Gasteiger partial charge in [-0.3, -0.25) is 4.79 Å². The van der Waals surface area contributed by atoms with E-state index in [1.165, 1.54) is 0 Å². The SMILES string of the molecule is N#Cc1ccc(OCC(O)CN2CCC(C(=O)c3ccccc3)CC2)cc1. The van der Waals surface area contributed by atoms with Crippen LogP contribution < -0.4 is 4.74 Å². The quantitative estimate of drug-likeness (QED) is 0.765. The number of aliphatic hydroxyl groups is 1. The topological polar surface area (TPSA) is 73.6 Å². The fourth-order valence-corrected chi connectivity index (χ4v) is 3.38. The Morgan fingerprint density at radius 3 is 2.44 bits per heavy atom. The van der Waals surface area contributed by atoms with Gasteiger partial charge in [0.15, 0.2) is 5.78 Å². The summed E-state index contributed by atoms with van der Waals surface area (Å²) in [7, 11) is 0. The zero-order chi connectivity index (χ0) is 19.1. The molecule has 1 N–H and O–H groups in total. The van der Waals surface area contributed by atoms with Gasteiger partial charge in [0.1, 0.15) is 18.5 Å². The summed E-state index contributed by atoms with van der Waals surface area (Å²) in [4.78, 5) is 14.7. The van der Waals surface area contributed by atoms with Crippen LogP contribution >= 0.6 is 0 Å². The molecule has 1 fully saturated rings. The minimum absolute atomic E-state index is 0.0655. The highest BCUT2D eigenvalue weighted by molar-refractivity contribution is 5.97. The summed E-state index contributed by atoms with van der Waals surface area (Å²) in [6.45, 7) is 2.34. The number of hydrogen-bond acceptors (Lipinski definition) is 5. The number of carbonyl (C=O) groups is 1. The maximum Gasteiger partial charge on any atom is 0.166 e. The Morgan fingerprint density at radius 2 is 1.81 bits per heavy atom. The number of ether oxygens (including phenoxy) is 1. The number of aliphatic hydroxyl groups excluding tert-OH is 1. The maximum atomic E-state index is 12.5. The molecule has 0 amide bonds. The molecule has 1 atom stereocenters. The molecule has 0 aliphatic carbocycles. The third-order valence-corrected chi connectivity index (χ3v) is 4.91. The number of nitrogens with zero attached hydrogens (tertiary/aromatic N) is 2. The Morgan fingerprint density at radius 1 is 1.15 bits per heavy atom. The van der Waals surface area contributed by atoms with Crippen molar-refractivity contribution in [2.75, 3.05) is 26.2 Å². The summed E-state index contributed by atoms with van der Waals surface area (Å²) in [5.74, 6) is 0.927. The molecule has 5 heteroatoms. The van der Waals surface area contributed by atoms with E-state index in [2.05, 4.69) is 11.0 Å². The number of β-amino-alcohol motifs (C(OH)–C–C–N with tert-alkyl or cyclic N) is 1. The van der Waals surface area contributed by atoms with E-state index in [0.717, 1.165) is 31.5 Å². The van der Waals surface area contributed by atoms with Crippen molar-refractivity contribution in [3.05, 3.63) is 65.7 Å². The number of Topliss-reactive ketones (excluding diaryl/α,β-unsaturated/α-hetero) is 1. The fourth-order valence-electron chi connectivity index (χ4n) is 3.38. The molecule has 5 nitrogen and oxygen atoms in total. The Hall–Kier alpha value is -2.68. The standard InChI is InChI=1S/C22H24N2O3/c23-14-17-6-8-21(9-7-17)27-16-20(25)15-24-12-10-19(11-13-24)22(26)18-4-2-1-3-5-18/h1-9,19-20,25H,10-13,15-16H2. The Labute approximate surface area is 159 Å². The molecule has 1 unspecified atom stereocenters. The third-order valence-electron chi connectivity index (χ3n) is 4.91. The molecule has 0 bridgehead atoms. The molecular weight excluding hydrogens is 340 g/mol. The number of nitriles is 1. The molecule has 140 valence electrons. The van der Waals surface area contributed by atoms with Crippen LogP contribution in [0.1, 0.15) is 28.8 Å². The van der Waals surface area contributed by atoms with Gasteiger partial charge in [-0.25, -0.2) is 0 Å². The molecule has 3 rings (SSSR count). The Bertz CT molecular complexity index is 775. The van der Waals surface area contributed by atoms with Gasteiger partial charge < -0.3 is 14.7 Å². The van der Waals surface area contributed by atoms with Crippen molar-refractivity contribution in [3.8, 4) is 11.8 Å². The van der Waals surface area contributed by atoms with E-state index in [9.17, 15) is 9.90 Å². The number of likely N-dealkylation sites (tertiary alicyclic amines) is 1. The van der Waals surface area contributed by atoms with Gasteiger partial charge in [-0.05, 0) is 50.2 Å². The van der Waals surface area contributed by atoms with E-state index in [1.807, 2.05) is 30.3 Å². The molecular formula is C22H24N2O3. The lowest BCUT2D eigenvalue weighted by molar-refractivity contribution is 0.0524. The van der Waals surface area contributed by atoms with Gasteiger partial charge >= 0.3 is 0 Å². The molecule has 0 radical (unpaired) electrons. The summed E-state index contributed by atoms with van der Waals surface area (Å²) in [5.41, 5.74) is 1.36. The summed E-state index contributed by atoms with van der Waals surface area (Å²) in [6, 6.07) is 18.4. The molecule has 1 aliphatic heterocycles. The lowest BCUT2D eigenvalue weighted by atomic mass is 9.89. The minimum atomic E-state index is -0.595. The predicted molar refractivity (Wildman–Crippen MR) is 103 cm³/mol. The van der Waals surface area contributed by atoms with E-state index in [1.54, 1.807) is 24.3 Å². The Balaban J connectivity index is 1.40. The van der Waals surface area contributed by atoms with E-state index in [0.29, 0.717) is 17.9 Å². The van der Waals surface area contributed by atoms with Crippen molar-refractivity contribution < 1.29 is 14.6 Å². The first-order valence-electron chi connectivity index (χ1n) is 9.28. The van der Waals surface area contributed by atoms with Gasteiger partial charge in [-0.15, -0.1) is 0 Å². The number of rotatable bonds is 7. The van der Waals surface area contributed by atoms with Crippen molar-refractivity contribution in [2.45, 2.75) is 18.9 Å². The van der Waals surface area contributed by atoms with Crippen molar-refractivity contribution in [3.63, 3.8) is 0 Å². The van der Waals surface area contributed by atoms with Gasteiger partial charge in [0.2, 0.25) is 0 Å². The fraction of sp³-hybridized carbons (Fsp3) is 0.364. The second-order valence-corrected chi connectivity index (χ2v) is 6.91. The third kappa shape index (κ3) is 5.40. The summed E-state index contributed by atoms with van der Waals surface area (Å²) < 4.78 is 5.59. The average molecular weight is 364 g/mol. The first-order valence-corrected chi connectivity index (χ1v) is 9.28. The van der Waals surface area contributed by atoms with Crippen LogP contribution in [0.15, 0.2) is 54.6 Å². The minimum Gasteiger partial charge on any atom is -0.491 e. The summed E-state index contributed by atoms with van der Waals surface area (Å²) in [5, 5.41) is 19.0. The molecule has 1 saturated heterocycles. The molecule has 2 aromatic rings. The number of hydrogen-bond donors (Lipinski definition) is 1. The molecule has 2 aromatic carbocycles. The molecule has 27 heavy (non-hydrogen) atoms. The number of ketones is 1. The van der Waals surface area contributed by atoms with Crippen molar-refractivity contribution in [1.29, 1.82) is 5.26 Å². The summed E-state index contributed by atoms with van der Waals surface area (Å²) in [6.07, 6.45) is 1.04. The van der Waals surface area contributed by atoms with Gasteiger partial charge in [0.05, 0.1) is 11.6 Å². The average Bonchev–Trinajstić information content (AvgIpc) is 2.73. The maximum absolute atomic E-state index is 12.5. The normalized spacial score (nSPS) is 16.4. The highest BCUT2D eigenvalue weighted by atomic mass is 16.5. The molecule has 0 aromatic heterocycles. The van der Waals surface area contributed by atoms with Gasteiger partial charge in [0.25, 0.3) is 0 Å². The van der Waals surface area contributed by atoms with E-state index in [4.69, 9.17) is 10.00 Å². The van der Waals surface area contributed by atoms with Crippen LogP contribution in [0.5, 0.6) is 5.75 Å². The van der Waals surface area contributed by atoms with Gasteiger partial charge in [-0.1, -0.05) is 30.3 Å². The molecule has 0 saturated carbocycles. The van der Waals surface area contributed by atoms with Crippen LogP contribution in [0.4, 0.5) is 0 Å². The van der Waals surface area contributed by atoms with Crippen molar-refractivity contribution >= 4 is 5.78 Å². The molecule has 1 heterocycles. The summed E-state index contributed by atoms with van der Waals surface area (Å²) >= 11 is 0. The zero-order valence-corrected chi connectivity index (χ0v) is 15.3. The van der Waals surface area contributed by atoms with Crippen molar-refractivity contribution in [1.82, 2.24) is 4.90 Å². The smallest absolute Gasteiger partial charge is 0.166 e. The van der Waals surface area contributed by atoms with E-state index >= 15 is 0 Å².